The van der Waals surface area contributed by atoms with Crippen LogP contribution in [0.5, 0.6) is 0 Å². The molecule has 2 aliphatic heterocycles. The second-order valence-electron chi connectivity index (χ2n) is 5.81. The summed E-state index contributed by atoms with van der Waals surface area (Å²) in [7, 11) is 0. The molecule has 0 saturated carbocycles. The van der Waals surface area contributed by atoms with Crippen LogP contribution in [0.1, 0.15) is 6.92 Å². The van der Waals surface area contributed by atoms with E-state index in [-0.39, 0.29) is 12.3 Å². The van der Waals surface area contributed by atoms with Crippen LogP contribution in [0, 0.1) is 5.92 Å². The third-order valence-corrected chi connectivity index (χ3v) is 4.42. The minimum absolute atomic E-state index is 0.0482. The van der Waals surface area contributed by atoms with Crippen LogP contribution in [0.4, 0.5) is 5.69 Å². The fourth-order valence-corrected chi connectivity index (χ4v) is 3.30. The van der Waals surface area contributed by atoms with Gasteiger partial charge in [-0.15, -0.1) is 0 Å². The van der Waals surface area contributed by atoms with Gasteiger partial charge in [0.2, 0.25) is 5.91 Å². The number of imide groups is 1. The molecule has 7 nitrogen and oxygen atoms in total. The van der Waals surface area contributed by atoms with Gasteiger partial charge in [-0.1, -0.05) is 36.4 Å². The van der Waals surface area contributed by atoms with Gasteiger partial charge in [-0.2, -0.15) is 5.10 Å². The molecular weight excluding hydrogens is 322 g/mol. The lowest BCUT2D eigenvalue weighted by Gasteiger charge is -2.18. The molecule has 0 bridgehead atoms. The number of rotatable bonds is 3. The molecule has 1 fully saturated rings. The van der Waals surface area contributed by atoms with Gasteiger partial charge in [0.1, 0.15) is 12.0 Å². The van der Waals surface area contributed by atoms with Crippen LogP contribution in [0.25, 0.3) is 10.8 Å². The van der Waals surface area contributed by atoms with E-state index in [1.54, 1.807) is 19.1 Å². The maximum atomic E-state index is 12.9. The first-order valence-electron chi connectivity index (χ1n) is 7.99. The quantitative estimate of drug-likeness (QED) is 0.672. The minimum Gasteiger partial charge on any atom is -0.461 e. The summed E-state index contributed by atoms with van der Waals surface area (Å²) in [5.41, 5.74) is 3.07. The van der Waals surface area contributed by atoms with Crippen molar-refractivity contribution in [1.82, 2.24) is 5.43 Å². The summed E-state index contributed by atoms with van der Waals surface area (Å²) < 4.78 is 4.94. The molecular formula is C18H15N3O4. The van der Waals surface area contributed by atoms with Crippen molar-refractivity contribution in [3.63, 3.8) is 0 Å². The van der Waals surface area contributed by atoms with Gasteiger partial charge in [0.15, 0.2) is 5.71 Å². The summed E-state index contributed by atoms with van der Waals surface area (Å²) in [6.07, 6.45) is 0. The van der Waals surface area contributed by atoms with Crippen molar-refractivity contribution in [2.75, 3.05) is 11.5 Å². The maximum absolute atomic E-state index is 12.9. The van der Waals surface area contributed by atoms with Gasteiger partial charge < -0.3 is 4.74 Å². The molecule has 7 heteroatoms. The van der Waals surface area contributed by atoms with E-state index in [4.69, 9.17) is 4.74 Å². The third-order valence-electron chi connectivity index (χ3n) is 4.42. The zero-order chi connectivity index (χ0) is 17.6. The van der Waals surface area contributed by atoms with Crippen molar-refractivity contribution in [3.05, 3.63) is 42.5 Å². The molecule has 1 N–H and O–H groups in total. The van der Waals surface area contributed by atoms with Gasteiger partial charge >= 0.3 is 5.97 Å². The molecule has 2 heterocycles. The van der Waals surface area contributed by atoms with Crippen molar-refractivity contribution in [2.24, 2.45) is 11.0 Å². The highest BCUT2D eigenvalue weighted by Crippen LogP contribution is 2.34. The molecule has 4 rings (SSSR count). The molecule has 2 aliphatic rings. The summed E-state index contributed by atoms with van der Waals surface area (Å²) in [6.45, 7) is 1.84. The number of esters is 1. The Morgan fingerprint density at radius 2 is 1.92 bits per heavy atom. The van der Waals surface area contributed by atoms with Crippen molar-refractivity contribution in [2.45, 2.75) is 13.0 Å². The standard InChI is InChI=1S/C18H15N3O4/c1-2-25-18(24)15-13-14(19-20-15)17(23)21(16(13)22)12-9-5-7-10-6-3-4-8-11(10)12/h3-9,13-14,19H,2H2,1H3. The van der Waals surface area contributed by atoms with Crippen LogP contribution in [0.2, 0.25) is 0 Å². The topological polar surface area (TPSA) is 88.1 Å². The first-order chi connectivity index (χ1) is 12.1. The Labute approximate surface area is 143 Å². The summed E-state index contributed by atoms with van der Waals surface area (Å²) >= 11 is 0. The molecule has 126 valence electrons. The molecule has 2 aromatic carbocycles. The zero-order valence-electron chi connectivity index (χ0n) is 13.4. The average molecular weight is 337 g/mol. The van der Waals surface area contributed by atoms with Gasteiger partial charge in [-0.25, -0.2) is 9.69 Å². The third kappa shape index (κ3) is 2.20. The SMILES string of the molecule is CCOC(=O)C1=NNC2C(=O)N(c3cccc4ccccc34)C(=O)C12. The van der Waals surface area contributed by atoms with Gasteiger partial charge in [0.05, 0.1) is 12.3 Å². The predicted molar refractivity (Wildman–Crippen MR) is 90.9 cm³/mol. The number of nitrogens with zero attached hydrogens (tertiary/aromatic N) is 2. The van der Waals surface area contributed by atoms with Crippen LogP contribution in [0.15, 0.2) is 47.6 Å². The molecule has 2 unspecified atom stereocenters. The molecule has 2 amide bonds. The first kappa shape index (κ1) is 15.3. The Bertz CT molecular complexity index is 932. The molecule has 0 aromatic heterocycles. The van der Waals surface area contributed by atoms with E-state index >= 15 is 0 Å². The lowest BCUT2D eigenvalue weighted by atomic mass is 9.99. The molecule has 25 heavy (non-hydrogen) atoms. The molecule has 1 saturated heterocycles. The van der Waals surface area contributed by atoms with E-state index in [0.29, 0.717) is 5.69 Å². The number of ether oxygens (including phenoxy) is 1. The number of hydrazone groups is 1. The van der Waals surface area contributed by atoms with Crippen LogP contribution >= 0.6 is 0 Å². The van der Waals surface area contributed by atoms with E-state index in [1.165, 1.54) is 0 Å². The van der Waals surface area contributed by atoms with Crippen molar-refractivity contribution >= 4 is 40.0 Å². The smallest absolute Gasteiger partial charge is 0.355 e. The molecule has 0 aliphatic carbocycles. The van der Waals surface area contributed by atoms with E-state index < -0.39 is 29.7 Å². The normalized spacial score (nSPS) is 22.0. The van der Waals surface area contributed by atoms with Gasteiger partial charge in [-0.05, 0) is 18.4 Å². The highest BCUT2D eigenvalue weighted by atomic mass is 16.5. The van der Waals surface area contributed by atoms with Crippen LogP contribution in [0.3, 0.4) is 0 Å². The Hall–Kier alpha value is -3.22. The fourth-order valence-electron chi connectivity index (χ4n) is 3.30. The van der Waals surface area contributed by atoms with Gasteiger partial charge in [0, 0.05) is 5.39 Å². The summed E-state index contributed by atoms with van der Waals surface area (Å²) in [5, 5.41) is 5.57. The van der Waals surface area contributed by atoms with E-state index in [0.717, 1.165) is 15.7 Å². The molecule has 0 spiro atoms. The minimum atomic E-state index is -0.953. The molecule has 2 aromatic rings. The largest absolute Gasteiger partial charge is 0.461 e. The fraction of sp³-hybridized carbons (Fsp3) is 0.222. The van der Waals surface area contributed by atoms with E-state index in [1.807, 2.05) is 30.3 Å². The molecule has 0 radical (unpaired) electrons. The monoisotopic (exact) mass is 337 g/mol. The molecule has 2 atom stereocenters. The second kappa shape index (κ2) is 5.70. The number of nitrogens with one attached hydrogen (secondary N) is 1. The Morgan fingerprint density at radius 1 is 1.16 bits per heavy atom. The highest BCUT2D eigenvalue weighted by Gasteiger charge is 2.55. The van der Waals surface area contributed by atoms with Gasteiger partial charge in [-0.3, -0.25) is 15.0 Å². The predicted octanol–water partition coefficient (Wildman–Crippen LogP) is 1.22. The zero-order valence-corrected chi connectivity index (χ0v) is 13.4. The second-order valence-corrected chi connectivity index (χ2v) is 5.81. The van der Waals surface area contributed by atoms with Crippen LogP contribution in [-0.2, 0) is 19.1 Å². The van der Waals surface area contributed by atoms with Crippen LogP contribution < -0.4 is 10.3 Å². The Balaban J connectivity index is 1.76. The van der Waals surface area contributed by atoms with E-state index in [9.17, 15) is 14.4 Å². The van der Waals surface area contributed by atoms with Crippen molar-refractivity contribution in [1.29, 1.82) is 0 Å². The van der Waals surface area contributed by atoms with Crippen molar-refractivity contribution in [3.8, 4) is 0 Å². The number of carbonyl (C=O) groups is 3. The van der Waals surface area contributed by atoms with E-state index in [2.05, 4.69) is 10.5 Å². The number of amides is 2. The number of benzene rings is 2. The van der Waals surface area contributed by atoms with Crippen molar-refractivity contribution < 1.29 is 19.1 Å². The highest BCUT2D eigenvalue weighted by molar-refractivity contribution is 6.47. The number of fused-ring (bicyclic) bond motifs is 2. The Kier molecular flexibility index (Phi) is 3.49. The first-order valence-corrected chi connectivity index (χ1v) is 7.99. The number of carbonyl (C=O) groups excluding carboxylic acids is 3. The summed E-state index contributed by atoms with van der Waals surface area (Å²) in [4.78, 5) is 38.9. The number of anilines is 1. The summed E-state index contributed by atoms with van der Waals surface area (Å²) in [6, 6.07) is 12.1. The Morgan fingerprint density at radius 3 is 2.72 bits per heavy atom. The average Bonchev–Trinajstić information content (AvgIpc) is 3.16. The lowest BCUT2D eigenvalue weighted by Crippen LogP contribution is -2.36. The van der Waals surface area contributed by atoms with Crippen LogP contribution in [-0.4, -0.2) is 36.1 Å². The van der Waals surface area contributed by atoms with Gasteiger partial charge in [0.25, 0.3) is 5.91 Å². The lowest BCUT2D eigenvalue weighted by molar-refractivity contribution is -0.136. The summed E-state index contributed by atoms with van der Waals surface area (Å²) in [5.74, 6) is -2.52. The number of hydrogen-bond acceptors (Lipinski definition) is 6. The number of hydrogen-bond donors (Lipinski definition) is 1. The maximum Gasteiger partial charge on any atom is 0.355 e.